The van der Waals surface area contributed by atoms with Gasteiger partial charge in [-0.3, -0.25) is 0 Å². The van der Waals surface area contributed by atoms with Gasteiger partial charge in [0.15, 0.2) is 0 Å². The average Bonchev–Trinajstić information content (AvgIpc) is 2.65. The van der Waals surface area contributed by atoms with Gasteiger partial charge < -0.3 is 10.5 Å². The summed E-state index contributed by atoms with van der Waals surface area (Å²) in [5.74, 6) is 0.736. The number of hydrogen-bond acceptors (Lipinski definition) is 3. The van der Waals surface area contributed by atoms with Crippen LogP contribution in [0, 0.1) is 0 Å². The molecule has 0 fully saturated rings. The fraction of sp³-hybridized carbons (Fsp3) is 0.100. The van der Waals surface area contributed by atoms with Crippen molar-refractivity contribution in [3.8, 4) is 11.4 Å². The molecule has 2 aromatic rings. The second-order valence-corrected chi connectivity index (χ2v) is 3.95. The molecule has 2 rings (SSSR count). The van der Waals surface area contributed by atoms with E-state index in [1.165, 1.54) is 0 Å². The van der Waals surface area contributed by atoms with Crippen LogP contribution < -0.4 is 10.5 Å². The third kappa shape index (κ3) is 1.97. The Morgan fingerprint density at radius 2 is 2.27 bits per heavy atom. The summed E-state index contributed by atoms with van der Waals surface area (Å²) < 4.78 is 7.85. The number of halogens is 1. The summed E-state index contributed by atoms with van der Waals surface area (Å²) >= 11 is 3.34. The molecule has 0 unspecified atom stereocenters. The third-order valence-electron chi connectivity index (χ3n) is 2.00. The molecular formula is C10H10BrN3O. The lowest BCUT2D eigenvalue weighted by atomic mass is 10.2. The lowest BCUT2D eigenvalue weighted by Crippen LogP contribution is -1.99. The summed E-state index contributed by atoms with van der Waals surface area (Å²) in [5, 5.41) is 4.17. The van der Waals surface area contributed by atoms with Crippen LogP contribution in [0.25, 0.3) is 5.69 Å². The number of aromatic nitrogens is 2. The van der Waals surface area contributed by atoms with Gasteiger partial charge in [0.05, 0.1) is 17.8 Å². The molecule has 4 nitrogen and oxygen atoms in total. The highest BCUT2D eigenvalue weighted by Crippen LogP contribution is 2.25. The predicted molar refractivity (Wildman–Crippen MR) is 62.2 cm³/mol. The highest BCUT2D eigenvalue weighted by atomic mass is 79.9. The van der Waals surface area contributed by atoms with Crippen LogP contribution in [-0.4, -0.2) is 16.9 Å². The first kappa shape index (κ1) is 10.0. The SMILES string of the molecule is COc1ccc(N)cc1-n1cc(Br)cn1. The Labute approximate surface area is 95.8 Å². The van der Waals surface area contributed by atoms with Crippen LogP contribution in [-0.2, 0) is 0 Å². The van der Waals surface area contributed by atoms with Gasteiger partial charge in [-0.05, 0) is 34.1 Å². The number of nitrogens with zero attached hydrogens (tertiary/aromatic N) is 2. The fourth-order valence-corrected chi connectivity index (χ4v) is 1.60. The quantitative estimate of drug-likeness (QED) is 0.850. The number of methoxy groups -OCH3 is 1. The van der Waals surface area contributed by atoms with Gasteiger partial charge in [0.25, 0.3) is 0 Å². The topological polar surface area (TPSA) is 53.1 Å². The molecule has 0 aliphatic rings. The van der Waals surface area contributed by atoms with Crippen LogP contribution in [0.2, 0.25) is 0 Å². The van der Waals surface area contributed by atoms with Crippen molar-refractivity contribution in [3.63, 3.8) is 0 Å². The van der Waals surface area contributed by atoms with Gasteiger partial charge >= 0.3 is 0 Å². The largest absolute Gasteiger partial charge is 0.494 e. The summed E-state index contributed by atoms with van der Waals surface area (Å²) in [6.07, 6.45) is 3.56. The highest BCUT2D eigenvalue weighted by Gasteiger charge is 2.06. The van der Waals surface area contributed by atoms with Crippen LogP contribution in [0.1, 0.15) is 0 Å². The molecule has 0 bridgehead atoms. The number of ether oxygens (including phenoxy) is 1. The molecule has 78 valence electrons. The molecule has 1 heterocycles. The third-order valence-corrected chi connectivity index (χ3v) is 2.41. The van der Waals surface area contributed by atoms with Crippen molar-refractivity contribution in [2.75, 3.05) is 12.8 Å². The van der Waals surface area contributed by atoms with Crippen LogP contribution in [0.4, 0.5) is 5.69 Å². The van der Waals surface area contributed by atoms with Crippen molar-refractivity contribution < 1.29 is 4.74 Å². The molecule has 0 aliphatic carbocycles. The molecule has 0 amide bonds. The molecule has 0 aliphatic heterocycles. The van der Waals surface area contributed by atoms with E-state index in [9.17, 15) is 0 Å². The molecular weight excluding hydrogens is 258 g/mol. The Balaban J connectivity index is 2.55. The van der Waals surface area contributed by atoms with E-state index in [1.54, 1.807) is 24.1 Å². The van der Waals surface area contributed by atoms with Crippen molar-refractivity contribution in [2.45, 2.75) is 0 Å². The monoisotopic (exact) mass is 267 g/mol. The Morgan fingerprint density at radius 1 is 1.47 bits per heavy atom. The smallest absolute Gasteiger partial charge is 0.144 e. The Kier molecular flexibility index (Phi) is 2.64. The molecule has 0 radical (unpaired) electrons. The zero-order valence-corrected chi connectivity index (χ0v) is 9.73. The number of nitrogens with two attached hydrogens (primary N) is 1. The first-order valence-corrected chi connectivity index (χ1v) is 5.14. The Hall–Kier alpha value is -1.49. The highest BCUT2D eigenvalue weighted by molar-refractivity contribution is 9.10. The Bertz CT molecular complexity index is 481. The number of benzene rings is 1. The molecule has 0 atom stereocenters. The maximum atomic E-state index is 5.72. The lowest BCUT2D eigenvalue weighted by molar-refractivity contribution is 0.412. The van der Waals surface area contributed by atoms with Crippen molar-refractivity contribution in [1.82, 2.24) is 9.78 Å². The van der Waals surface area contributed by atoms with Crippen LogP contribution in [0.15, 0.2) is 35.1 Å². The minimum atomic E-state index is 0.678. The van der Waals surface area contributed by atoms with Gasteiger partial charge in [-0.1, -0.05) is 0 Å². The maximum Gasteiger partial charge on any atom is 0.144 e. The van der Waals surface area contributed by atoms with Gasteiger partial charge in [0.2, 0.25) is 0 Å². The van der Waals surface area contributed by atoms with Crippen molar-refractivity contribution in [2.24, 2.45) is 0 Å². The van der Waals surface area contributed by atoms with Crippen LogP contribution in [0.5, 0.6) is 5.75 Å². The van der Waals surface area contributed by atoms with E-state index in [0.29, 0.717) is 5.69 Å². The van der Waals surface area contributed by atoms with Gasteiger partial charge in [0, 0.05) is 11.9 Å². The summed E-state index contributed by atoms with van der Waals surface area (Å²) in [4.78, 5) is 0. The normalized spacial score (nSPS) is 10.3. The summed E-state index contributed by atoms with van der Waals surface area (Å²) in [5.41, 5.74) is 7.22. The molecule has 2 N–H and O–H groups in total. The molecule has 0 saturated heterocycles. The fourth-order valence-electron chi connectivity index (χ4n) is 1.32. The van der Waals surface area contributed by atoms with E-state index in [0.717, 1.165) is 15.9 Å². The molecule has 0 spiro atoms. The van der Waals surface area contributed by atoms with E-state index in [-0.39, 0.29) is 0 Å². The summed E-state index contributed by atoms with van der Waals surface area (Å²) in [6.45, 7) is 0. The van der Waals surface area contributed by atoms with Crippen molar-refractivity contribution in [1.29, 1.82) is 0 Å². The van der Waals surface area contributed by atoms with E-state index < -0.39 is 0 Å². The van der Waals surface area contributed by atoms with E-state index in [2.05, 4.69) is 21.0 Å². The summed E-state index contributed by atoms with van der Waals surface area (Å²) in [7, 11) is 1.62. The maximum absolute atomic E-state index is 5.72. The number of rotatable bonds is 2. The van der Waals surface area contributed by atoms with Crippen molar-refractivity contribution >= 4 is 21.6 Å². The number of nitrogen functional groups attached to an aromatic ring is 1. The first-order chi connectivity index (χ1) is 7.20. The molecule has 0 saturated carbocycles. The molecule has 5 heteroatoms. The molecule has 1 aromatic carbocycles. The van der Waals surface area contributed by atoms with Crippen LogP contribution >= 0.6 is 15.9 Å². The second-order valence-electron chi connectivity index (χ2n) is 3.03. The minimum absolute atomic E-state index is 0.678. The second kappa shape index (κ2) is 3.94. The van der Waals surface area contributed by atoms with E-state index in [4.69, 9.17) is 10.5 Å². The standard InChI is InChI=1S/C10H10BrN3O/c1-15-10-3-2-8(12)4-9(10)14-6-7(11)5-13-14/h2-6H,12H2,1H3. The van der Waals surface area contributed by atoms with Gasteiger partial charge in [0.1, 0.15) is 11.4 Å². The van der Waals surface area contributed by atoms with E-state index in [1.807, 2.05) is 18.3 Å². The van der Waals surface area contributed by atoms with Crippen molar-refractivity contribution in [3.05, 3.63) is 35.1 Å². The zero-order chi connectivity index (χ0) is 10.8. The lowest BCUT2D eigenvalue weighted by Gasteiger charge is -2.08. The first-order valence-electron chi connectivity index (χ1n) is 4.35. The number of hydrogen-bond donors (Lipinski definition) is 1. The van der Waals surface area contributed by atoms with Gasteiger partial charge in [-0.2, -0.15) is 5.10 Å². The minimum Gasteiger partial charge on any atom is -0.494 e. The molecule has 1 aromatic heterocycles. The number of anilines is 1. The zero-order valence-electron chi connectivity index (χ0n) is 8.14. The molecule has 15 heavy (non-hydrogen) atoms. The predicted octanol–water partition coefficient (Wildman–Crippen LogP) is 2.23. The van der Waals surface area contributed by atoms with Gasteiger partial charge in [-0.15, -0.1) is 0 Å². The Morgan fingerprint density at radius 3 is 2.87 bits per heavy atom. The van der Waals surface area contributed by atoms with Crippen LogP contribution in [0.3, 0.4) is 0 Å². The summed E-state index contributed by atoms with van der Waals surface area (Å²) in [6, 6.07) is 5.43. The average molecular weight is 268 g/mol. The van der Waals surface area contributed by atoms with E-state index >= 15 is 0 Å². The van der Waals surface area contributed by atoms with Gasteiger partial charge in [-0.25, -0.2) is 4.68 Å².